The van der Waals surface area contributed by atoms with Crippen molar-refractivity contribution in [1.82, 2.24) is 0 Å². The predicted molar refractivity (Wildman–Crippen MR) is 30.3 cm³/mol. The fourth-order valence-corrected chi connectivity index (χ4v) is 0.426. The molecule has 0 unspecified atom stereocenters. The zero-order valence-corrected chi connectivity index (χ0v) is 6.87. The topological polar surface area (TPSA) is 17.1 Å². The standard InChI is InChI=1S/C5H9O.Li.V/c1-2-3-4-5-6;;/h2-4H2,1H3;;. The first-order chi connectivity index (χ1) is 3.27. The van der Waals surface area contributed by atoms with E-state index in [-0.39, 0.29) is 18.6 Å². The third-order valence-electron chi connectivity index (χ3n) is 0.882. The molecule has 0 rings (SSSR count). The minimum atomic E-state index is 0. The predicted octanol–water partition coefficient (Wildman–Crippen LogP) is 0.869. The summed E-state index contributed by atoms with van der Waals surface area (Å²) in [4.78, 5) is 10.2. The second-order valence-corrected chi connectivity index (χ2v) is 1.81. The fraction of sp³-hybridized carbons (Fsp3) is 0.800. The Kier molecular flexibility index (Phi) is 11.4. The number of hydrogen-bond acceptors (Lipinski definition) is 1. The number of rotatable bonds is 3. The van der Waals surface area contributed by atoms with Crippen LogP contribution in [0.4, 0.5) is 0 Å². The van der Waals surface area contributed by atoms with E-state index in [2.05, 4.69) is 6.92 Å². The second-order valence-electron chi connectivity index (χ2n) is 1.81. The summed E-state index contributed by atoms with van der Waals surface area (Å²) in [5.41, 5.74) is 0. The molecule has 0 N–H and O–H groups in total. The molecule has 41 valence electrons. The molecule has 0 aromatic carbocycles. The van der Waals surface area contributed by atoms with E-state index in [1.165, 1.54) is 0 Å². The van der Waals surface area contributed by atoms with Crippen LogP contribution >= 0.6 is 0 Å². The Morgan fingerprint density at radius 1 is 1.62 bits per heavy atom. The van der Waals surface area contributed by atoms with E-state index < -0.39 is 0 Å². The molecule has 3 heteroatoms. The molecule has 0 heterocycles. The van der Waals surface area contributed by atoms with Crippen LogP contribution in [0.5, 0.6) is 0 Å². The SMILES string of the molecule is [Li][C](=O)CCCC.[V]. The van der Waals surface area contributed by atoms with Gasteiger partial charge >= 0.3 is 53.2 Å². The Labute approximate surface area is 71.7 Å². The summed E-state index contributed by atoms with van der Waals surface area (Å²) >= 11 is 1.63. The molecular formula is C5H9LiOV. The van der Waals surface area contributed by atoms with Crippen molar-refractivity contribution in [3.8, 4) is 0 Å². The van der Waals surface area contributed by atoms with Crippen molar-refractivity contribution in [3.63, 3.8) is 0 Å². The smallest absolute Gasteiger partial charge is 0 e. The molecule has 0 bridgehead atoms. The zero-order chi connectivity index (χ0) is 5.70. The summed E-state index contributed by atoms with van der Waals surface area (Å²) in [6, 6.07) is 0. The Bertz CT molecular complexity index is 65.4. The summed E-state index contributed by atoms with van der Waals surface area (Å²) in [7, 11) is 0. The van der Waals surface area contributed by atoms with Crippen LogP contribution in [-0.4, -0.2) is 22.2 Å². The Morgan fingerprint density at radius 3 is 2.25 bits per heavy atom. The fourth-order valence-electron chi connectivity index (χ4n) is 0.426. The first-order valence-electron chi connectivity index (χ1n) is 2.76. The van der Waals surface area contributed by atoms with Gasteiger partial charge in [-0.05, 0) is 0 Å². The molecule has 0 aliphatic heterocycles. The molecular weight excluding hydrogens is 134 g/mol. The van der Waals surface area contributed by atoms with Crippen LogP contribution in [0, 0.1) is 0 Å². The average Bonchev–Trinajstić information content (AvgIpc) is 1.61. The first kappa shape index (κ1) is 11.6. The van der Waals surface area contributed by atoms with Crippen molar-refractivity contribution < 1.29 is 23.4 Å². The van der Waals surface area contributed by atoms with Gasteiger partial charge in [0.2, 0.25) is 0 Å². The van der Waals surface area contributed by atoms with Gasteiger partial charge in [-0.3, -0.25) is 0 Å². The van der Waals surface area contributed by atoms with Crippen molar-refractivity contribution in [2.45, 2.75) is 26.2 Å². The van der Waals surface area contributed by atoms with E-state index >= 15 is 0 Å². The molecule has 0 aliphatic rings. The minimum absolute atomic E-state index is 0. The van der Waals surface area contributed by atoms with Crippen LogP contribution in [0.25, 0.3) is 0 Å². The monoisotopic (exact) mass is 143 g/mol. The largest absolute Gasteiger partial charge is 0 e. The van der Waals surface area contributed by atoms with Crippen molar-refractivity contribution in [2.75, 3.05) is 0 Å². The van der Waals surface area contributed by atoms with Gasteiger partial charge in [0.1, 0.15) is 0 Å². The molecule has 0 saturated heterocycles. The molecule has 0 aliphatic carbocycles. The van der Waals surface area contributed by atoms with Crippen LogP contribution in [0.3, 0.4) is 0 Å². The molecule has 0 atom stereocenters. The van der Waals surface area contributed by atoms with E-state index in [9.17, 15) is 4.79 Å². The van der Waals surface area contributed by atoms with E-state index in [0.29, 0.717) is 4.46 Å². The number of carbonyl (C=O) groups excluding carboxylic acids is 1. The summed E-state index contributed by atoms with van der Waals surface area (Å²) in [5.74, 6) is 0. The number of carbonyl (C=O) groups is 1. The van der Waals surface area contributed by atoms with Crippen molar-refractivity contribution >= 4 is 22.2 Å². The van der Waals surface area contributed by atoms with Crippen molar-refractivity contribution in [1.29, 1.82) is 0 Å². The molecule has 0 aromatic rings. The maximum Gasteiger partial charge on any atom is 0 e. The van der Waals surface area contributed by atoms with Gasteiger partial charge in [0.25, 0.3) is 0 Å². The Hall–Kier alpha value is 0.852. The Morgan fingerprint density at radius 2 is 2.12 bits per heavy atom. The van der Waals surface area contributed by atoms with Gasteiger partial charge in [-0.2, -0.15) is 0 Å². The average molecular weight is 143 g/mol. The van der Waals surface area contributed by atoms with E-state index in [1.807, 2.05) is 0 Å². The Balaban J connectivity index is 0. The third kappa shape index (κ3) is 9.97. The molecule has 0 saturated carbocycles. The van der Waals surface area contributed by atoms with Crippen molar-refractivity contribution in [3.05, 3.63) is 0 Å². The zero-order valence-electron chi connectivity index (χ0n) is 5.48. The van der Waals surface area contributed by atoms with Crippen LogP contribution in [0.2, 0.25) is 0 Å². The molecule has 1 nitrogen and oxygen atoms in total. The third-order valence-corrected chi connectivity index (χ3v) is 0.882. The summed E-state index contributed by atoms with van der Waals surface area (Å²) in [5, 5.41) is 0. The number of hydrogen-bond donors (Lipinski definition) is 0. The van der Waals surface area contributed by atoms with E-state index in [4.69, 9.17) is 0 Å². The quantitative estimate of drug-likeness (QED) is 0.535. The van der Waals surface area contributed by atoms with Crippen LogP contribution in [0.1, 0.15) is 26.2 Å². The van der Waals surface area contributed by atoms with Crippen LogP contribution in [-0.2, 0) is 23.4 Å². The van der Waals surface area contributed by atoms with Gasteiger partial charge in [-0.1, -0.05) is 0 Å². The maximum absolute atomic E-state index is 10.2. The van der Waals surface area contributed by atoms with Gasteiger partial charge in [0.15, 0.2) is 0 Å². The van der Waals surface area contributed by atoms with E-state index in [1.54, 1.807) is 17.7 Å². The minimum Gasteiger partial charge on any atom is 0 e. The van der Waals surface area contributed by atoms with Gasteiger partial charge in [0, 0.05) is 18.6 Å². The number of unbranched alkanes of at least 4 members (excludes halogenated alkanes) is 1. The van der Waals surface area contributed by atoms with Gasteiger partial charge in [-0.15, -0.1) is 0 Å². The normalized spacial score (nSPS) is 7.88. The van der Waals surface area contributed by atoms with Crippen LogP contribution in [0.15, 0.2) is 0 Å². The summed E-state index contributed by atoms with van der Waals surface area (Å²) in [6.45, 7) is 2.09. The van der Waals surface area contributed by atoms with Gasteiger partial charge < -0.3 is 0 Å². The van der Waals surface area contributed by atoms with Crippen molar-refractivity contribution in [2.24, 2.45) is 0 Å². The van der Waals surface area contributed by atoms with Crippen LogP contribution < -0.4 is 0 Å². The summed E-state index contributed by atoms with van der Waals surface area (Å²) in [6.07, 6.45) is 2.94. The van der Waals surface area contributed by atoms with Gasteiger partial charge in [-0.25, -0.2) is 0 Å². The van der Waals surface area contributed by atoms with Gasteiger partial charge in [0.05, 0.1) is 0 Å². The molecule has 0 aromatic heterocycles. The maximum atomic E-state index is 10.2. The second kappa shape index (κ2) is 7.85. The summed E-state index contributed by atoms with van der Waals surface area (Å²) < 4.78 is 0.307. The molecule has 1 radical (unpaired) electrons. The molecule has 0 spiro atoms. The molecule has 8 heavy (non-hydrogen) atoms. The van der Waals surface area contributed by atoms with E-state index in [0.717, 1.165) is 19.3 Å². The first-order valence-corrected chi connectivity index (χ1v) is 2.76. The molecule has 0 fully saturated rings. The molecule has 0 amide bonds.